The Labute approximate surface area is 117 Å². The molecule has 0 radical (unpaired) electrons. The molecule has 0 fully saturated rings. The molecule has 2 aromatic rings. The lowest BCUT2D eigenvalue weighted by Crippen LogP contribution is -1.83. The van der Waals surface area contributed by atoms with Gasteiger partial charge in [0.15, 0.2) is 0 Å². The molecule has 2 aromatic carbocycles. The van der Waals surface area contributed by atoms with Crippen LogP contribution in [0.2, 0.25) is 0 Å². The fraction of sp³-hybridized carbons (Fsp3) is 0.158. The van der Waals surface area contributed by atoms with Crippen molar-refractivity contribution in [2.24, 2.45) is 0 Å². The highest BCUT2D eigenvalue weighted by Crippen LogP contribution is 2.24. The van der Waals surface area contributed by atoms with Gasteiger partial charge in [0.2, 0.25) is 0 Å². The second-order valence-electron chi connectivity index (χ2n) is 4.19. The van der Waals surface area contributed by atoms with Gasteiger partial charge in [-0.05, 0) is 42.2 Å². The lowest BCUT2D eigenvalue weighted by molar-refractivity contribution is 1.56. The largest absolute Gasteiger partial charge is 0.0871 e. The van der Waals surface area contributed by atoms with Gasteiger partial charge >= 0.3 is 0 Å². The van der Waals surface area contributed by atoms with E-state index in [0.29, 0.717) is 0 Å². The van der Waals surface area contributed by atoms with E-state index in [1.165, 1.54) is 22.3 Å². The van der Waals surface area contributed by atoms with Gasteiger partial charge in [-0.3, -0.25) is 0 Å². The average Bonchev–Trinajstić information content (AvgIpc) is 2.46. The van der Waals surface area contributed by atoms with Crippen molar-refractivity contribution in [2.45, 2.75) is 21.3 Å². The van der Waals surface area contributed by atoms with Crippen molar-refractivity contribution in [1.82, 2.24) is 0 Å². The van der Waals surface area contributed by atoms with Gasteiger partial charge < -0.3 is 0 Å². The maximum atomic E-state index is 2.24. The van der Waals surface area contributed by atoms with E-state index < -0.39 is 0 Å². The number of allylic oxidation sites excluding steroid dienone is 4. The quantitative estimate of drug-likeness (QED) is 0.589. The predicted molar refractivity (Wildman–Crippen MR) is 87.1 cm³/mol. The smallest absolute Gasteiger partial charge is 0.0178 e. The molecule has 0 saturated carbocycles. The Balaban J connectivity index is 0.00000180. The lowest BCUT2D eigenvalue weighted by atomic mass is 9.99. The van der Waals surface area contributed by atoms with Gasteiger partial charge in [0.05, 0.1) is 0 Å². The minimum atomic E-state index is 0. The second-order valence-corrected chi connectivity index (χ2v) is 4.19. The molecule has 0 amide bonds. The molecule has 0 heteroatoms. The summed E-state index contributed by atoms with van der Waals surface area (Å²) < 4.78 is 0. The van der Waals surface area contributed by atoms with Crippen LogP contribution in [0.1, 0.15) is 26.8 Å². The highest BCUT2D eigenvalue weighted by molar-refractivity contribution is 5.77. The Kier molecular flexibility index (Phi) is 5.81. The number of rotatable bonds is 3. The van der Waals surface area contributed by atoms with E-state index >= 15 is 0 Å². The minimum Gasteiger partial charge on any atom is -0.0871 e. The van der Waals surface area contributed by atoms with E-state index in [9.17, 15) is 0 Å². The van der Waals surface area contributed by atoms with Crippen molar-refractivity contribution in [3.8, 4) is 11.1 Å². The summed E-state index contributed by atoms with van der Waals surface area (Å²) in [5, 5.41) is 0. The molecule has 0 aliphatic carbocycles. The second kappa shape index (κ2) is 7.38. The first-order chi connectivity index (χ1) is 8.85. The first-order valence-corrected chi connectivity index (χ1v) is 6.30. The maximum absolute atomic E-state index is 2.24. The third-order valence-corrected chi connectivity index (χ3v) is 2.96. The van der Waals surface area contributed by atoms with Crippen LogP contribution < -0.4 is 0 Å². The van der Waals surface area contributed by atoms with Crippen molar-refractivity contribution in [3.05, 3.63) is 78.4 Å². The Morgan fingerprint density at radius 2 is 1.53 bits per heavy atom. The van der Waals surface area contributed by atoms with E-state index in [4.69, 9.17) is 0 Å². The maximum Gasteiger partial charge on any atom is -0.0178 e. The fourth-order valence-electron chi connectivity index (χ4n) is 2.05. The molecule has 0 heterocycles. The van der Waals surface area contributed by atoms with E-state index in [2.05, 4.69) is 73.7 Å². The Morgan fingerprint density at radius 3 is 2.16 bits per heavy atom. The minimum absolute atomic E-state index is 0. The third-order valence-electron chi connectivity index (χ3n) is 2.96. The fourth-order valence-corrected chi connectivity index (χ4v) is 2.05. The van der Waals surface area contributed by atoms with Crippen LogP contribution in [0.25, 0.3) is 16.7 Å². The normalized spacial score (nSPS) is 11.4. The summed E-state index contributed by atoms with van der Waals surface area (Å²) in [6, 6.07) is 19.1. The Bertz CT molecular complexity index is 560. The molecule has 19 heavy (non-hydrogen) atoms. The van der Waals surface area contributed by atoms with Crippen molar-refractivity contribution in [1.29, 1.82) is 0 Å². The van der Waals surface area contributed by atoms with Crippen molar-refractivity contribution < 1.29 is 0 Å². The molecule has 0 aromatic heterocycles. The molecule has 0 aliphatic rings. The molecule has 98 valence electrons. The van der Waals surface area contributed by atoms with Crippen molar-refractivity contribution in [3.63, 3.8) is 0 Å². The van der Waals surface area contributed by atoms with Crippen LogP contribution in [0.3, 0.4) is 0 Å². The number of benzene rings is 2. The number of hydrogen-bond donors (Lipinski definition) is 0. The first kappa shape index (κ1) is 15.0. The predicted octanol–water partition coefficient (Wildman–Crippen LogP) is 5.97. The Morgan fingerprint density at radius 1 is 0.842 bits per heavy atom. The van der Waals surface area contributed by atoms with Gasteiger partial charge in [0.1, 0.15) is 0 Å². The molecule has 0 N–H and O–H groups in total. The molecular weight excluding hydrogens is 228 g/mol. The zero-order chi connectivity index (χ0) is 12.8. The van der Waals surface area contributed by atoms with E-state index in [1.807, 2.05) is 13.0 Å². The van der Waals surface area contributed by atoms with Gasteiger partial charge in [-0.25, -0.2) is 0 Å². The van der Waals surface area contributed by atoms with E-state index in [-0.39, 0.29) is 7.43 Å². The highest BCUT2D eigenvalue weighted by Gasteiger charge is 2.00. The van der Waals surface area contributed by atoms with Crippen LogP contribution in [0.5, 0.6) is 0 Å². The molecular formula is C19H22. The summed E-state index contributed by atoms with van der Waals surface area (Å²) in [5.41, 5.74) is 5.04. The molecule has 0 atom stereocenters. The average molecular weight is 250 g/mol. The first-order valence-electron chi connectivity index (χ1n) is 6.30. The summed E-state index contributed by atoms with van der Waals surface area (Å²) in [7, 11) is 0. The molecule has 0 bridgehead atoms. The van der Waals surface area contributed by atoms with Crippen LogP contribution in [-0.2, 0) is 0 Å². The van der Waals surface area contributed by atoms with Gasteiger partial charge in [-0.2, -0.15) is 0 Å². The van der Waals surface area contributed by atoms with E-state index in [1.54, 1.807) is 0 Å². The van der Waals surface area contributed by atoms with Gasteiger partial charge in [-0.1, -0.05) is 74.2 Å². The van der Waals surface area contributed by atoms with Gasteiger partial charge in [0.25, 0.3) is 0 Å². The lowest BCUT2D eigenvalue weighted by Gasteiger charge is -2.06. The Hall–Kier alpha value is -2.08. The van der Waals surface area contributed by atoms with Gasteiger partial charge in [-0.15, -0.1) is 0 Å². The summed E-state index contributed by atoms with van der Waals surface area (Å²) in [6.07, 6.45) is 6.36. The summed E-state index contributed by atoms with van der Waals surface area (Å²) in [5.74, 6) is 0. The highest BCUT2D eigenvalue weighted by atomic mass is 14.0. The molecule has 0 saturated heterocycles. The SMILES string of the molecule is C.C/C=C\C(=C/C)c1cccc(-c2ccccc2)c1. The van der Waals surface area contributed by atoms with Crippen LogP contribution in [0.4, 0.5) is 0 Å². The topological polar surface area (TPSA) is 0 Å². The van der Waals surface area contributed by atoms with Crippen LogP contribution in [0, 0.1) is 0 Å². The third kappa shape index (κ3) is 3.69. The zero-order valence-electron chi connectivity index (χ0n) is 10.9. The van der Waals surface area contributed by atoms with Crippen molar-refractivity contribution in [2.75, 3.05) is 0 Å². The van der Waals surface area contributed by atoms with Gasteiger partial charge in [0, 0.05) is 0 Å². The van der Waals surface area contributed by atoms with Crippen molar-refractivity contribution >= 4 is 5.57 Å². The van der Waals surface area contributed by atoms with E-state index in [0.717, 1.165) is 0 Å². The van der Waals surface area contributed by atoms with Crippen LogP contribution in [-0.4, -0.2) is 0 Å². The molecule has 2 rings (SSSR count). The summed E-state index contributed by atoms with van der Waals surface area (Å²) in [6.45, 7) is 4.12. The summed E-state index contributed by atoms with van der Waals surface area (Å²) in [4.78, 5) is 0. The standard InChI is InChI=1S/C18H18.CH4/c1-3-9-15(4-2)17-12-8-13-18(14-17)16-10-6-5-7-11-16;/h3-14H,1-2H3;1H4/b9-3-,15-4+;. The molecule has 0 nitrogen and oxygen atoms in total. The molecule has 0 spiro atoms. The van der Waals surface area contributed by atoms with Crippen LogP contribution in [0.15, 0.2) is 72.8 Å². The molecule has 0 unspecified atom stereocenters. The monoisotopic (exact) mass is 250 g/mol. The summed E-state index contributed by atoms with van der Waals surface area (Å²) >= 11 is 0. The molecule has 0 aliphatic heterocycles. The zero-order valence-corrected chi connectivity index (χ0v) is 10.9. The number of hydrogen-bond acceptors (Lipinski definition) is 0. The van der Waals surface area contributed by atoms with Crippen LogP contribution >= 0.6 is 0 Å².